The lowest BCUT2D eigenvalue weighted by atomic mass is 10.3. The number of hydrogen-bond acceptors (Lipinski definition) is 2. The van der Waals surface area contributed by atoms with Crippen LogP contribution in [0.3, 0.4) is 0 Å². The molecule has 0 radical (unpaired) electrons. The van der Waals surface area contributed by atoms with Crippen LogP contribution in [0.5, 0.6) is 0 Å². The SMILES string of the molecule is CCNC(=NCC(C)N(CC)CC)NC(C)C. The Morgan fingerprint density at radius 2 is 1.71 bits per heavy atom. The lowest BCUT2D eigenvalue weighted by molar-refractivity contribution is 0.237. The number of nitrogens with zero attached hydrogens (tertiary/aromatic N) is 2. The molecule has 0 heterocycles. The Balaban J connectivity index is 4.30. The molecule has 0 bridgehead atoms. The van der Waals surface area contributed by atoms with Crippen LogP contribution in [0.1, 0.15) is 41.5 Å². The lowest BCUT2D eigenvalue weighted by Gasteiger charge is -2.25. The summed E-state index contributed by atoms with van der Waals surface area (Å²) in [7, 11) is 0. The van der Waals surface area contributed by atoms with Crippen LogP contribution in [0.15, 0.2) is 4.99 Å². The quantitative estimate of drug-likeness (QED) is 0.527. The Labute approximate surface area is 107 Å². The van der Waals surface area contributed by atoms with E-state index < -0.39 is 0 Å². The fourth-order valence-electron chi connectivity index (χ4n) is 1.78. The van der Waals surface area contributed by atoms with Crippen LogP contribution in [0.4, 0.5) is 0 Å². The van der Waals surface area contributed by atoms with Gasteiger partial charge in [0.05, 0.1) is 6.54 Å². The zero-order valence-corrected chi connectivity index (χ0v) is 12.4. The summed E-state index contributed by atoms with van der Waals surface area (Å²) in [6.45, 7) is 16.9. The smallest absolute Gasteiger partial charge is 0.191 e. The fraction of sp³-hybridized carbons (Fsp3) is 0.923. The molecule has 0 aromatic rings. The molecule has 4 heteroatoms. The summed E-state index contributed by atoms with van der Waals surface area (Å²) in [6, 6.07) is 0.907. The first kappa shape index (κ1) is 16.2. The molecule has 102 valence electrons. The fourth-order valence-corrected chi connectivity index (χ4v) is 1.78. The van der Waals surface area contributed by atoms with Crippen molar-refractivity contribution in [3.63, 3.8) is 0 Å². The molecule has 0 saturated carbocycles. The van der Waals surface area contributed by atoms with Crippen molar-refractivity contribution >= 4 is 5.96 Å². The van der Waals surface area contributed by atoms with Gasteiger partial charge >= 0.3 is 0 Å². The van der Waals surface area contributed by atoms with Crippen molar-refractivity contribution in [2.45, 2.75) is 53.6 Å². The van der Waals surface area contributed by atoms with Gasteiger partial charge in [0.2, 0.25) is 0 Å². The first-order chi connectivity index (χ1) is 8.04. The van der Waals surface area contributed by atoms with Crippen molar-refractivity contribution in [3.8, 4) is 0 Å². The zero-order chi connectivity index (χ0) is 13.3. The molecule has 2 N–H and O–H groups in total. The predicted molar refractivity (Wildman–Crippen MR) is 76.6 cm³/mol. The predicted octanol–water partition coefficient (Wildman–Crippen LogP) is 1.68. The van der Waals surface area contributed by atoms with E-state index in [1.165, 1.54) is 0 Å². The number of guanidine groups is 1. The molecule has 0 aliphatic carbocycles. The van der Waals surface area contributed by atoms with Gasteiger partial charge in [0.15, 0.2) is 5.96 Å². The Morgan fingerprint density at radius 1 is 1.12 bits per heavy atom. The maximum Gasteiger partial charge on any atom is 0.191 e. The minimum Gasteiger partial charge on any atom is -0.357 e. The summed E-state index contributed by atoms with van der Waals surface area (Å²) in [5.74, 6) is 0.918. The van der Waals surface area contributed by atoms with E-state index in [1.807, 2.05) is 0 Å². The second-order valence-corrected chi connectivity index (χ2v) is 4.59. The van der Waals surface area contributed by atoms with Gasteiger partial charge in [-0.1, -0.05) is 13.8 Å². The summed E-state index contributed by atoms with van der Waals surface area (Å²) >= 11 is 0. The van der Waals surface area contributed by atoms with Gasteiger partial charge in [0.1, 0.15) is 0 Å². The first-order valence-electron chi connectivity index (χ1n) is 6.83. The van der Waals surface area contributed by atoms with Crippen molar-refractivity contribution in [1.82, 2.24) is 15.5 Å². The molecule has 1 atom stereocenters. The van der Waals surface area contributed by atoms with Crippen LogP contribution in [0.2, 0.25) is 0 Å². The highest BCUT2D eigenvalue weighted by Gasteiger charge is 2.09. The molecule has 0 aromatic heterocycles. The lowest BCUT2D eigenvalue weighted by Crippen LogP contribution is -2.42. The van der Waals surface area contributed by atoms with Crippen LogP contribution in [-0.4, -0.2) is 49.1 Å². The second-order valence-electron chi connectivity index (χ2n) is 4.59. The van der Waals surface area contributed by atoms with Gasteiger partial charge in [0.25, 0.3) is 0 Å². The standard InChI is InChI=1S/C13H30N4/c1-7-14-13(16-11(4)5)15-10-12(6)17(8-2)9-3/h11-12H,7-10H2,1-6H3,(H2,14,15,16). The highest BCUT2D eigenvalue weighted by atomic mass is 15.2. The van der Waals surface area contributed by atoms with Crippen molar-refractivity contribution in [2.24, 2.45) is 4.99 Å². The topological polar surface area (TPSA) is 39.7 Å². The molecule has 0 fully saturated rings. The summed E-state index contributed by atoms with van der Waals surface area (Å²) < 4.78 is 0. The molecule has 17 heavy (non-hydrogen) atoms. The summed E-state index contributed by atoms with van der Waals surface area (Å²) in [5, 5.41) is 6.60. The van der Waals surface area contributed by atoms with Gasteiger partial charge in [-0.05, 0) is 40.8 Å². The van der Waals surface area contributed by atoms with Crippen molar-refractivity contribution in [2.75, 3.05) is 26.2 Å². The average Bonchev–Trinajstić information content (AvgIpc) is 2.27. The number of likely N-dealkylation sites (N-methyl/N-ethyl adjacent to an activating group) is 1. The van der Waals surface area contributed by atoms with Crippen molar-refractivity contribution in [1.29, 1.82) is 0 Å². The zero-order valence-electron chi connectivity index (χ0n) is 12.4. The van der Waals surface area contributed by atoms with Gasteiger partial charge in [-0.3, -0.25) is 9.89 Å². The van der Waals surface area contributed by atoms with Crippen LogP contribution in [0, 0.1) is 0 Å². The summed E-state index contributed by atoms with van der Waals surface area (Å²) in [5.41, 5.74) is 0. The van der Waals surface area contributed by atoms with Crippen molar-refractivity contribution in [3.05, 3.63) is 0 Å². The van der Waals surface area contributed by atoms with E-state index in [9.17, 15) is 0 Å². The molecule has 0 amide bonds. The Hall–Kier alpha value is -0.770. The molecule has 0 aliphatic heterocycles. The summed E-state index contributed by atoms with van der Waals surface area (Å²) in [4.78, 5) is 7.04. The van der Waals surface area contributed by atoms with E-state index in [4.69, 9.17) is 0 Å². The highest BCUT2D eigenvalue weighted by molar-refractivity contribution is 5.79. The molecule has 0 spiro atoms. The molecule has 0 saturated heterocycles. The largest absolute Gasteiger partial charge is 0.357 e. The van der Waals surface area contributed by atoms with E-state index in [0.29, 0.717) is 12.1 Å². The van der Waals surface area contributed by atoms with Gasteiger partial charge in [-0.15, -0.1) is 0 Å². The first-order valence-corrected chi connectivity index (χ1v) is 6.83. The minimum absolute atomic E-state index is 0.413. The van der Waals surface area contributed by atoms with Gasteiger partial charge < -0.3 is 10.6 Å². The normalized spacial score (nSPS) is 14.2. The third-order valence-corrected chi connectivity index (χ3v) is 2.72. The monoisotopic (exact) mass is 242 g/mol. The number of nitrogens with one attached hydrogen (secondary N) is 2. The van der Waals surface area contributed by atoms with E-state index in [0.717, 1.165) is 32.1 Å². The number of aliphatic imine (C=N–C) groups is 1. The maximum absolute atomic E-state index is 4.62. The van der Waals surface area contributed by atoms with Crippen molar-refractivity contribution < 1.29 is 0 Å². The summed E-state index contributed by atoms with van der Waals surface area (Å²) in [6.07, 6.45) is 0. The third-order valence-electron chi connectivity index (χ3n) is 2.72. The number of rotatable bonds is 7. The molecule has 0 aliphatic rings. The van der Waals surface area contributed by atoms with Crippen LogP contribution < -0.4 is 10.6 Å². The third kappa shape index (κ3) is 7.21. The molecular formula is C13H30N4. The Bertz CT molecular complexity index is 209. The van der Waals surface area contributed by atoms with E-state index in [1.54, 1.807) is 0 Å². The minimum atomic E-state index is 0.413. The highest BCUT2D eigenvalue weighted by Crippen LogP contribution is 1.98. The number of hydrogen-bond donors (Lipinski definition) is 2. The Kier molecular flexibility index (Phi) is 8.86. The molecule has 4 nitrogen and oxygen atoms in total. The van der Waals surface area contributed by atoms with Gasteiger partial charge in [-0.2, -0.15) is 0 Å². The second kappa shape index (κ2) is 9.28. The van der Waals surface area contributed by atoms with E-state index in [-0.39, 0.29) is 0 Å². The van der Waals surface area contributed by atoms with Gasteiger partial charge in [-0.25, -0.2) is 0 Å². The molecule has 0 rings (SSSR count). The Morgan fingerprint density at radius 3 is 2.12 bits per heavy atom. The van der Waals surface area contributed by atoms with E-state index >= 15 is 0 Å². The van der Waals surface area contributed by atoms with Crippen LogP contribution >= 0.6 is 0 Å². The van der Waals surface area contributed by atoms with Crippen LogP contribution in [-0.2, 0) is 0 Å². The average molecular weight is 242 g/mol. The molecular weight excluding hydrogens is 212 g/mol. The molecule has 1 unspecified atom stereocenters. The van der Waals surface area contributed by atoms with Gasteiger partial charge in [0, 0.05) is 18.6 Å². The molecule has 0 aromatic carbocycles. The maximum atomic E-state index is 4.62. The van der Waals surface area contributed by atoms with Crippen LogP contribution in [0.25, 0.3) is 0 Å². The van der Waals surface area contributed by atoms with E-state index in [2.05, 4.69) is 62.1 Å².